The molecule has 0 amide bonds. The van der Waals surface area contributed by atoms with E-state index in [0.29, 0.717) is 0 Å². The van der Waals surface area contributed by atoms with Gasteiger partial charge in [0, 0.05) is 29.2 Å². The third-order valence-electron chi connectivity index (χ3n) is 8.93. The topological polar surface area (TPSA) is 195 Å². The summed E-state index contributed by atoms with van der Waals surface area (Å²) in [4.78, 5) is 72.7. The molecule has 0 radical (unpaired) electrons. The third-order valence-corrected chi connectivity index (χ3v) is 8.93. The number of ether oxygens (including phenoxy) is 10. The molecule has 0 heterocycles. The van der Waals surface area contributed by atoms with Crippen LogP contribution >= 0.6 is 0 Å². The molecule has 0 aliphatic heterocycles. The van der Waals surface area contributed by atoms with Gasteiger partial charge in [-0.15, -0.1) is 0 Å². The smallest absolute Gasteiger partial charge is 0.460 e. The zero-order valence-electron chi connectivity index (χ0n) is 34.9. The van der Waals surface area contributed by atoms with E-state index < -0.39 is 58.9 Å². The number of esters is 4. The van der Waals surface area contributed by atoms with Gasteiger partial charge in [0.25, 0.3) is 0 Å². The van der Waals surface area contributed by atoms with E-state index >= 15 is 0 Å². The summed E-state index contributed by atoms with van der Waals surface area (Å²) in [5, 5.41) is 0. The number of carbonyl (C=O) groups is 6. The molecule has 0 saturated heterocycles. The largest absolute Gasteiger partial charge is 0.513 e. The molecule has 0 N–H and O–H groups in total. The van der Waals surface area contributed by atoms with Crippen LogP contribution in [0.1, 0.15) is 58.5 Å². The average molecular weight is 889 g/mol. The Morgan fingerprint density at radius 1 is 0.484 bits per heavy atom. The number of halogens is 2. The quantitative estimate of drug-likeness (QED) is 0.0208. The van der Waals surface area contributed by atoms with E-state index in [1.165, 1.54) is 38.1 Å². The van der Waals surface area contributed by atoms with Crippen molar-refractivity contribution in [1.29, 1.82) is 0 Å². The molecule has 0 saturated carbocycles. The molecular weight excluding hydrogens is 846 g/mol. The number of carbonyl (C=O) groups excluding carboxylic acids is 6. The number of fused-ring (bicyclic) bond motifs is 3. The van der Waals surface area contributed by atoms with Crippen LogP contribution in [0.4, 0.5) is 18.4 Å². The molecule has 0 aromatic heterocycles. The monoisotopic (exact) mass is 888 g/mol. The van der Waals surface area contributed by atoms with Crippen molar-refractivity contribution in [2.75, 3.05) is 52.9 Å². The normalized spacial score (nSPS) is 11.3. The highest BCUT2D eigenvalue weighted by molar-refractivity contribution is 5.93. The van der Waals surface area contributed by atoms with Crippen LogP contribution in [-0.2, 0) is 38.0 Å². The number of hydrogen-bond acceptors (Lipinski definition) is 16. The van der Waals surface area contributed by atoms with E-state index in [-0.39, 0.29) is 92.9 Å². The Hall–Kier alpha value is -7.44. The average Bonchev–Trinajstić information content (AvgIpc) is 3.52. The minimum absolute atomic E-state index is 0.0139. The lowest BCUT2D eigenvalue weighted by atomic mass is 9.99. The predicted octanol–water partition coefficient (Wildman–Crippen LogP) is 7.84. The molecule has 5 rings (SSSR count). The van der Waals surface area contributed by atoms with Gasteiger partial charge in [0.15, 0.2) is 0 Å². The molecule has 1 aliphatic carbocycles. The van der Waals surface area contributed by atoms with Gasteiger partial charge >= 0.3 is 36.2 Å². The lowest BCUT2D eigenvalue weighted by Gasteiger charge is -2.11. The zero-order chi connectivity index (χ0) is 46.3. The van der Waals surface area contributed by atoms with Crippen molar-refractivity contribution in [3.8, 4) is 34.1 Å². The Morgan fingerprint density at radius 2 is 0.828 bits per heavy atom. The van der Waals surface area contributed by atoms with E-state index in [9.17, 15) is 37.5 Å². The summed E-state index contributed by atoms with van der Waals surface area (Å²) in [5.41, 5.74) is 2.78. The lowest BCUT2D eigenvalue weighted by molar-refractivity contribution is -0.141. The maximum Gasteiger partial charge on any atom is 0.513 e. The van der Waals surface area contributed by atoms with E-state index in [2.05, 4.69) is 13.2 Å². The molecule has 16 nitrogen and oxygen atoms in total. The highest BCUT2D eigenvalue weighted by atomic mass is 19.1. The first-order valence-corrected chi connectivity index (χ1v) is 19.4. The van der Waals surface area contributed by atoms with Gasteiger partial charge in [-0.25, -0.2) is 37.5 Å². The van der Waals surface area contributed by atoms with Gasteiger partial charge in [0.05, 0.1) is 37.6 Å². The maximum absolute atomic E-state index is 15.0. The Kier molecular flexibility index (Phi) is 16.8. The van der Waals surface area contributed by atoms with Crippen molar-refractivity contribution in [2.24, 2.45) is 0 Å². The van der Waals surface area contributed by atoms with Gasteiger partial charge in [-0.1, -0.05) is 32.2 Å². The van der Waals surface area contributed by atoms with Crippen molar-refractivity contribution in [2.45, 2.75) is 26.7 Å². The molecule has 1 aliphatic rings. The lowest BCUT2D eigenvalue weighted by Crippen LogP contribution is -2.17. The van der Waals surface area contributed by atoms with Crippen LogP contribution < -0.4 is 18.9 Å². The second kappa shape index (κ2) is 22.6. The number of benzene rings is 4. The molecule has 4 aromatic rings. The third kappa shape index (κ3) is 13.3. The highest BCUT2D eigenvalue weighted by Gasteiger charge is 2.28. The summed E-state index contributed by atoms with van der Waals surface area (Å²) in [6.07, 6.45) is -2.28. The molecule has 18 heteroatoms. The first kappa shape index (κ1) is 47.6. The second-order valence-corrected chi connectivity index (χ2v) is 13.7. The molecular formula is C46H42F2O16. The van der Waals surface area contributed by atoms with Crippen molar-refractivity contribution in [3.05, 3.63) is 131 Å². The fourth-order valence-electron chi connectivity index (χ4n) is 5.81. The molecule has 0 fully saturated rings. The summed E-state index contributed by atoms with van der Waals surface area (Å²) in [6, 6.07) is 16.0. The number of hydrogen-bond donors (Lipinski definition) is 0. The predicted molar refractivity (Wildman–Crippen MR) is 219 cm³/mol. The van der Waals surface area contributed by atoms with Crippen LogP contribution in [0.15, 0.2) is 97.1 Å². The van der Waals surface area contributed by atoms with E-state index in [1.807, 2.05) is 6.92 Å². The van der Waals surface area contributed by atoms with Gasteiger partial charge < -0.3 is 47.4 Å². The standard InChI is InChI=1S/C46H42F2O16/c1-26(2)41(49)57-18-14-55-16-20-59-45(53)63-31-8-12-35(39(47)24-31)43(51)61-29-6-10-33-34-11-7-30(23-38(34)28(5)37(33)22-29)62-44(52)36-13-9-32(25-40(36)48)64-46(54)60-21-17-56-15-19-58-42(50)27(3)4/h6-13,22-25,28H,1,3,14-21H2,2,4-5H3. The maximum atomic E-state index is 15.0. The van der Waals surface area contributed by atoms with Gasteiger partial charge in [-0.05, 0) is 84.6 Å². The van der Waals surface area contributed by atoms with E-state index in [1.54, 1.807) is 24.3 Å². The minimum atomic E-state index is -1.14. The minimum Gasteiger partial charge on any atom is -0.460 e. The van der Waals surface area contributed by atoms with Crippen molar-refractivity contribution in [3.63, 3.8) is 0 Å². The Balaban J connectivity index is 1.08. The highest BCUT2D eigenvalue weighted by Crippen LogP contribution is 2.47. The molecule has 0 spiro atoms. The van der Waals surface area contributed by atoms with Gasteiger partial charge in [0.1, 0.15) is 61.1 Å². The Morgan fingerprint density at radius 3 is 1.19 bits per heavy atom. The molecule has 4 aromatic carbocycles. The summed E-state index contributed by atoms with van der Waals surface area (Å²) in [5.74, 6) is -5.67. The van der Waals surface area contributed by atoms with Crippen molar-refractivity contribution < 1.29 is 84.9 Å². The first-order valence-electron chi connectivity index (χ1n) is 19.4. The molecule has 0 atom stereocenters. The second-order valence-electron chi connectivity index (χ2n) is 13.7. The van der Waals surface area contributed by atoms with Crippen LogP contribution in [-0.4, -0.2) is 89.0 Å². The zero-order valence-corrected chi connectivity index (χ0v) is 34.9. The van der Waals surface area contributed by atoms with Crippen LogP contribution in [0.3, 0.4) is 0 Å². The Bertz CT molecular complexity index is 2280. The summed E-state index contributed by atoms with van der Waals surface area (Å²) >= 11 is 0. The number of rotatable bonds is 20. The van der Waals surface area contributed by atoms with E-state index in [4.69, 9.17) is 47.4 Å². The molecule has 0 unspecified atom stereocenters. The van der Waals surface area contributed by atoms with Gasteiger partial charge in [-0.3, -0.25) is 0 Å². The van der Waals surface area contributed by atoms with Crippen LogP contribution in [0, 0.1) is 11.6 Å². The first-order chi connectivity index (χ1) is 30.6. The van der Waals surface area contributed by atoms with Gasteiger partial charge in [0.2, 0.25) is 0 Å². The SMILES string of the molecule is C=C(C)C(=O)OCCOCCOC(=O)Oc1ccc(C(=O)Oc2ccc3c(c2)C(C)c2cc(OC(=O)c4ccc(OC(=O)OCCOCCOC(=O)C(=C)C)cc4F)ccc2-3)c(F)c1. The summed E-state index contributed by atoms with van der Waals surface area (Å²) in [6.45, 7) is 11.5. The molecule has 0 bridgehead atoms. The van der Waals surface area contributed by atoms with E-state index in [0.717, 1.165) is 46.5 Å². The summed E-state index contributed by atoms with van der Waals surface area (Å²) in [7, 11) is 0. The van der Waals surface area contributed by atoms with Crippen LogP contribution in [0.5, 0.6) is 23.0 Å². The fraction of sp³-hybridized carbons (Fsp3) is 0.261. The molecule has 336 valence electrons. The summed E-state index contributed by atoms with van der Waals surface area (Å²) < 4.78 is 80.7. The van der Waals surface area contributed by atoms with Crippen molar-refractivity contribution >= 4 is 36.2 Å². The van der Waals surface area contributed by atoms with Crippen LogP contribution in [0.25, 0.3) is 11.1 Å². The van der Waals surface area contributed by atoms with Crippen LogP contribution in [0.2, 0.25) is 0 Å². The Labute approximate surface area is 365 Å². The molecule has 64 heavy (non-hydrogen) atoms. The van der Waals surface area contributed by atoms with Gasteiger partial charge in [-0.2, -0.15) is 0 Å². The fourth-order valence-corrected chi connectivity index (χ4v) is 5.81. The van der Waals surface area contributed by atoms with Crippen molar-refractivity contribution in [1.82, 2.24) is 0 Å².